The van der Waals surface area contributed by atoms with Crippen molar-refractivity contribution >= 4 is 47.2 Å². The van der Waals surface area contributed by atoms with Gasteiger partial charge in [-0.1, -0.05) is 97.1 Å². The van der Waals surface area contributed by atoms with Crippen LogP contribution in [-0.2, 0) is 54.2 Å². The number of hydrogen-bond donors (Lipinski definition) is 2. The summed E-state index contributed by atoms with van der Waals surface area (Å²) in [5.74, 6) is -3.34. The second-order valence-corrected chi connectivity index (χ2v) is 21.1. The minimum Gasteiger partial charge on any atom is -0.457 e. The van der Waals surface area contributed by atoms with Gasteiger partial charge in [0.1, 0.15) is 26.3 Å². The van der Waals surface area contributed by atoms with E-state index in [0.717, 1.165) is 56.0 Å². The van der Waals surface area contributed by atoms with Crippen LogP contribution in [0.5, 0.6) is 0 Å². The van der Waals surface area contributed by atoms with E-state index in [4.69, 9.17) is 9.47 Å². The van der Waals surface area contributed by atoms with Crippen LogP contribution < -0.4 is 20.4 Å². The zero-order chi connectivity index (χ0) is 62.8. The lowest BCUT2D eigenvalue weighted by Crippen LogP contribution is -2.55. The van der Waals surface area contributed by atoms with E-state index in [-0.39, 0.29) is 100 Å². The van der Waals surface area contributed by atoms with E-state index in [2.05, 4.69) is 10.6 Å². The topological polar surface area (TPSA) is 205 Å². The number of hydrogen-bond acceptors (Lipinski definition) is 10. The van der Waals surface area contributed by atoms with Gasteiger partial charge in [0.2, 0.25) is 11.8 Å². The van der Waals surface area contributed by atoms with Gasteiger partial charge in [0.15, 0.2) is 0 Å². The maximum absolute atomic E-state index is 14.8. The predicted molar refractivity (Wildman–Crippen MR) is 306 cm³/mol. The molecule has 6 amide bonds. The van der Waals surface area contributed by atoms with Crippen molar-refractivity contribution in [2.75, 3.05) is 63.2 Å². The summed E-state index contributed by atoms with van der Waals surface area (Å²) in [6.45, 7) is 1.22. The lowest BCUT2D eigenvalue weighted by Gasteiger charge is -2.42. The van der Waals surface area contributed by atoms with Gasteiger partial charge in [-0.25, -0.2) is 19.2 Å². The molecule has 0 spiro atoms. The summed E-state index contributed by atoms with van der Waals surface area (Å²) in [6.07, 6.45) is -9.63. The molecule has 2 aliphatic rings. The fourth-order valence-electron chi connectivity index (χ4n) is 10.1. The molecule has 2 aliphatic heterocycles. The highest BCUT2D eigenvalue weighted by molar-refractivity contribution is 6.06. The van der Waals surface area contributed by atoms with Gasteiger partial charge in [-0.3, -0.25) is 19.4 Å². The zero-order valence-corrected chi connectivity index (χ0v) is 47.5. The number of esters is 2. The lowest BCUT2D eigenvalue weighted by atomic mass is 9.92. The number of ether oxygens (including phenoxy) is 2. The molecule has 0 radical (unpaired) electrons. The Balaban J connectivity index is 0.998. The molecule has 87 heavy (non-hydrogen) atoms. The van der Waals surface area contributed by atoms with Crippen molar-refractivity contribution in [1.29, 1.82) is 10.5 Å². The summed E-state index contributed by atoms with van der Waals surface area (Å²) in [5.41, 5.74) is -0.911. The number of rotatable bonds is 20. The Morgan fingerprint density at radius 2 is 0.885 bits per heavy atom. The number of likely N-dealkylation sites (N-methyl/N-ethyl adjacent to an activating group) is 1. The van der Waals surface area contributed by atoms with Gasteiger partial charge >= 0.3 is 36.4 Å². The molecular weight excluding hydrogens is 1140 g/mol. The van der Waals surface area contributed by atoms with Crippen molar-refractivity contribution in [3.8, 4) is 12.1 Å². The Kier molecular flexibility index (Phi) is 19.3. The number of nitrogens with zero attached hydrogens (tertiary/aromatic N) is 7. The van der Waals surface area contributed by atoms with Gasteiger partial charge in [-0.15, -0.1) is 0 Å². The highest BCUT2D eigenvalue weighted by Crippen LogP contribution is 2.44. The zero-order valence-electron chi connectivity index (χ0n) is 47.5. The number of amides is 6. The molecule has 2 atom stereocenters. The highest BCUT2D eigenvalue weighted by Gasteiger charge is 2.46. The Bertz CT molecular complexity index is 3470. The third-order valence-electron chi connectivity index (χ3n) is 14.6. The van der Waals surface area contributed by atoms with E-state index in [1.54, 1.807) is 74.8 Å². The number of anilines is 2. The molecular formula is C64H58F6N9O8+. The van der Waals surface area contributed by atoms with Gasteiger partial charge in [0.25, 0.3) is 0 Å². The first-order chi connectivity index (χ1) is 41.4. The molecule has 2 heterocycles. The molecule has 0 aromatic heterocycles. The van der Waals surface area contributed by atoms with Crippen molar-refractivity contribution in [1.82, 2.24) is 20.4 Å². The number of urea groups is 2. The standard InChI is InChI=1S/C64H57F6N9O8/c1-41-55(59(82)86-39-45-13-7-5-8-14-45)57(47-25-21-43(35-71)22-26-47)75(61(84)77(41)51-19-11-17-49(33-51)63(65,66)67)37-53(80)73-29-31-79(3,4)32-30-74-54(81)38-76-58(48-27-23-44(36-72)24-28-48)56(60(83)87-40-46-15-9-6-10-16-46)42(2)78(62(76)85)52-20-12-18-50(34-52)64(68,69)70/h5-28,33-34,57-58H,29-32,37-40H2,1-4H3,(H-,73,74,80,81)/p+1/t57-,58-/m1/s1. The molecule has 23 heteroatoms. The van der Waals surface area contributed by atoms with Crippen LogP contribution in [0, 0.1) is 22.7 Å². The Labute approximate surface area is 497 Å². The molecule has 0 fully saturated rings. The minimum atomic E-state index is -4.81. The Morgan fingerprint density at radius 3 is 1.22 bits per heavy atom. The molecule has 0 aliphatic carbocycles. The van der Waals surface area contributed by atoms with Crippen LogP contribution in [0.15, 0.2) is 180 Å². The molecule has 8 rings (SSSR count). The van der Waals surface area contributed by atoms with Crippen molar-refractivity contribution in [2.24, 2.45) is 0 Å². The van der Waals surface area contributed by atoms with E-state index in [9.17, 15) is 65.6 Å². The normalized spacial score (nSPS) is 15.6. The number of alkyl halides is 6. The van der Waals surface area contributed by atoms with Crippen molar-refractivity contribution in [2.45, 2.75) is 51.5 Å². The number of halogens is 6. The Hall–Kier alpha value is -10.3. The first-order valence-electron chi connectivity index (χ1n) is 27.1. The number of carbonyl (C=O) groups excluding carboxylic acids is 6. The summed E-state index contributed by atoms with van der Waals surface area (Å²) < 4.78 is 96.4. The maximum atomic E-state index is 14.8. The van der Waals surface area contributed by atoms with Gasteiger partial charge in [-0.2, -0.15) is 36.9 Å². The first kappa shape index (κ1) is 62.8. The number of benzene rings is 6. The van der Waals surface area contributed by atoms with Crippen molar-refractivity contribution < 1.29 is 69.1 Å². The van der Waals surface area contributed by atoms with Crippen molar-refractivity contribution in [3.63, 3.8) is 0 Å². The summed E-state index contributed by atoms with van der Waals surface area (Å²) in [5, 5.41) is 24.8. The van der Waals surface area contributed by atoms with E-state index >= 15 is 0 Å². The molecule has 0 saturated carbocycles. The summed E-state index contributed by atoms with van der Waals surface area (Å²) in [6, 6.07) is 36.3. The van der Waals surface area contributed by atoms with Crippen LogP contribution in [0.1, 0.15) is 70.4 Å². The van der Waals surface area contributed by atoms with E-state index in [0.29, 0.717) is 11.1 Å². The molecule has 6 aromatic rings. The second kappa shape index (κ2) is 26.8. The van der Waals surface area contributed by atoms with Crippen LogP contribution in [0.2, 0.25) is 0 Å². The Morgan fingerprint density at radius 1 is 0.529 bits per heavy atom. The van der Waals surface area contributed by atoms with E-state index in [1.807, 2.05) is 12.1 Å². The number of allylic oxidation sites excluding steroid dienone is 2. The van der Waals surface area contributed by atoms with Crippen LogP contribution >= 0.6 is 0 Å². The summed E-state index contributed by atoms with van der Waals surface area (Å²) >= 11 is 0. The number of quaternary nitrogens is 1. The maximum Gasteiger partial charge on any atom is 0.416 e. The lowest BCUT2D eigenvalue weighted by molar-refractivity contribution is -0.887. The van der Waals surface area contributed by atoms with Crippen LogP contribution in [-0.4, -0.2) is 103 Å². The average molecular weight is 1200 g/mol. The van der Waals surface area contributed by atoms with E-state index < -0.39 is 84.5 Å². The number of carbonyl (C=O) groups is 6. The van der Waals surface area contributed by atoms with Crippen LogP contribution in [0.3, 0.4) is 0 Å². The summed E-state index contributed by atoms with van der Waals surface area (Å²) in [4.78, 5) is 90.5. The van der Waals surface area contributed by atoms with Crippen molar-refractivity contribution in [3.05, 3.63) is 225 Å². The number of nitriles is 2. The second-order valence-electron chi connectivity index (χ2n) is 21.1. The largest absolute Gasteiger partial charge is 0.457 e. The molecule has 448 valence electrons. The van der Waals surface area contributed by atoms with Crippen LogP contribution in [0.4, 0.5) is 47.3 Å². The highest BCUT2D eigenvalue weighted by atomic mass is 19.4. The molecule has 17 nitrogen and oxygen atoms in total. The summed E-state index contributed by atoms with van der Waals surface area (Å²) in [7, 11) is 3.56. The monoisotopic (exact) mass is 1190 g/mol. The third-order valence-corrected chi connectivity index (χ3v) is 14.6. The quantitative estimate of drug-likeness (QED) is 0.0420. The fraction of sp³-hybridized carbons (Fsp3) is 0.250. The minimum absolute atomic E-state index is 0.0315. The molecule has 0 bridgehead atoms. The molecule has 2 N–H and O–H groups in total. The smallest absolute Gasteiger partial charge is 0.416 e. The SMILES string of the molecule is CC1=C(C(=O)OCc2ccccc2)[C@@H](c2ccc(C#N)cc2)N(CC(=O)NCC[N+](C)(C)CCNC(=O)CN2C(=O)N(c3cccc(C(F)(F)F)c3)C(C)=C(C(=O)OCc3ccccc3)[C@H]2c2ccc(C#N)cc2)C(=O)N1c1cccc(C(F)(F)F)c1. The molecule has 6 aromatic carbocycles. The molecule has 0 unspecified atom stereocenters. The average Bonchev–Trinajstić information content (AvgIpc) is 0.902. The van der Waals surface area contributed by atoms with Gasteiger partial charge in [-0.05, 0) is 96.8 Å². The predicted octanol–water partition coefficient (Wildman–Crippen LogP) is 10.5. The fourth-order valence-corrected chi connectivity index (χ4v) is 10.1. The van der Waals surface area contributed by atoms with Gasteiger partial charge in [0.05, 0.1) is 109 Å². The first-order valence-corrected chi connectivity index (χ1v) is 27.1. The number of nitrogens with one attached hydrogen (secondary N) is 2. The third kappa shape index (κ3) is 15.0. The van der Waals surface area contributed by atoms with Gasteiger partial charge in [0, 0.05) is 11.4 Å². The van der Waals surface area contributed by atoms with E-state index in [1.165, 1.54) is 74.5 Å². The molecule has 0 saturated heterocycles. The van der Waals surface area contributed by atoms with Gasteiger partial charge < -0.3 is 34.4 Å². The van der Waals surface area contributed by atoms with Crippen LogP contribution in [0.25, 0.3) is 0 Å².